The largest absolute Gasteiger partial charge is 0.405 e. The van der Waals surface area contributed by atoms with E-state index < -0.39 is 24.0 Å². The van der Waals surface area contributed by atoms with Crippen molar-refractivity contribution in [2.45, 2.75) is 49.7 Å². The van der Waals surface area contributed by atoms with E-state index in [4.69, 9.17) is 11.6 Å². The molecule has 1 saturated heterocycles. The minimum absolute atomic E-state index is 0.0958. The summed E-state index contributed by atoms with van der Waals surface area (Å²) < 4.78 is 39.8. The summed E-state index contributed by atoms with van der Waals surface area (Å²) in [5, 5.41) is 5.29. The van der Waals surface area contributed by atoms with Crippen LogP contribution in [0.15, 0.2) is 60.7 Å². The molecule has 2 N–H and O–H groups in total. The molecule has 10 heteroatoms. The average molecular weight is 590 g/mol. The minimum Gasteiger partial charge on any atom is -0.349 e. The third-order valence-electron chi connectivity index (χ3n) is 7.90. The molecular weight excluding hydrogens is 559 g/mol. The number of hydrogen-bond donors (Lipinski definition) is 2. The van der Waals surface area contributed by atoms with Gasteiger partial charge in [0, 0.05) is 19.1 Å². The van der Waals surface area contributed by atoms with Gasteiger partial charge in [0.2, 0.25) is 5.91 Å². The average Bonchev–Trinajstić information content (AvgIpc) is 3.50. The summed E-state index contributed by atoms with van der Waals surface area (Å²) in [6.45, 7) is 1.16. The van der Waals surface area contributed by atoms with Gasteiger partial charge in [0.15, 0.2) is 0 Å². The molecule has 2 aliphatic rings. The number of amides is 2. The number of halogens is 4. The zero-order chi connectivity index (χ0) is 28.3. The van der Waals surface area contributed by atoms with Gasteiger partial charge in [0.1, 0.15) is 12.0 Å². The number of carbonyl (C=O) groups is 2. The summed E-state index contributed by atoms with van der Waals surface area (Å²) >= 11 is 7.21. The standard InChI is InChI=1S/C30H31ClF3N3O2S/c31-26-12-11-25(40-26)27(38)36-20-13-17-37(18-14-20)16-6-5-15-29(28(39)35-19-30(32,33)34)23-9-3-1-7-21(23)22-8-2-4-10-24(22)29/h1-4,7-12,20H,5-6,13-19H2,(H,35,39)(H,36,38). The Morgan fingerprint density at radius 2 is 1.57 bits per heavy atom. The highest BCUT2D eigenvalue weighted by Crippen LogP contribution is 2.51. The quantitative estimate of drug-likeness (QED) is 0.284. The van der Waals surface area contributed by atoms with Gasteiger partial charge in [0.25, 0.3) is 5.91 Å². The Morgan fingerprint density at radius 1 is 0.950 bits per heavy atom. The van der Waals surface area contributed by atoms with E-state index in [1.54, 1.807) is 12.1 Å². The molecule has 0 unspecified atom stereocenters. The van der Waals surface area contributed by atoms with Crippen molar-refractivity contribution in [3.05, 3.63) is 81.0 Å². The molecule has 0 saturated carbocycles. The number of benzene rings is 2. The van der Waals surface area contributed by atoms with E-state index in [1.165, 1.54) is 11.3 Å². The number of alkyl halides is 3. The molecule has 0 radical (unpaired) electrons. The van der Waals surface area contributed by atoms with Crippen molar-refractivity contribution >= 4 is 34.8 Å². The Kier molecular flexibility index (Phi) is 8.54. The van der Waals surface area contributed by atoms with Crippen LogP contribution in [0.5, 0.6) is 0 Å². The van der Waals surface area contributed by atoms with E-state index in [-0.39, 0.29) is 11.9 Å². The molecule has 1 aliphatic carbocycles. The summed E-state index contributed by atoms with van der Waals surface area (Å²) in [4.78, 5) is 29.0. The van der Waals surface area contributed by atoms with Gasteiger partial charge in [-0.2, -0.15) is 13.2 Å². The summed E-state index contributed by atoms with van der Waals surface area (Å²) in [6, 6.07) is 18.6. The van der Waals surface area contributed by atoms with E-state index in [1.807, 2.05) is 48.5 Å². The van der Waals surface area contributed by atoms with Gasteiger partial charge in [-0.3, -0.25) is 9.59 Å². The van der Waals surface area contributed by atoms with Crippen LogP contribution in [0.25, 0.3) is 11.1 Å². The van der Waals surface area contributed by atoms with Crippen molar-refractivity contribution in [3.63, 3.8) is 0 Å². The van der Waals surface area contributed by atoms with Crippen LogP contribution in [-0.2, 0) is 10.2 Å². The van der Waals surface area contributed by atoms with Gasteiger partial charge in [0.05, 0.1) is 9.21 Å². The van der Waals surface area contributed by atoms with Crippen LogP contribution >= 0.6 is 22.9 Å². The molecule has 0 spiro atoms. The molecule has 3 aromatic rings. The van der Waals surface area contributed by atoms with Crippen molar-refractivity contribution < 1.29 is 22.8 Å². The maximum absolute atomic E-state index is 13.6. The predicted octanol–water partition coefficient (Wildman–Crippen LogP) is 6.41. The summed E-state index contributed by atoms with van der Waals surface area (Å²) in [7, 11) is 0. The van der Waals surface area contributed by atoms with Gasteiger partial charge in [-0.15, -0.1) is 11.3 Å². The lowest BCUT2D eigenvalue weighted by atomic mass is 9.73. The highest BCUT2D eigenvalue weighted by atomic mass is 35.5. The molecule has 5 nitrogen and oxygen atoms in total. The Balaban J connectivity index is 1.21. The second-order valence-electron chi connectivity index (χ2n) is 10.4. The molecule has 40 heavy (non-hydrogen) atoms. The number of likely N-dealkylation sites (tertiary alicyclic amines) is 1. The van der Waals surface area contributed by atoms with Crippen molar-refractivity contribution in [3.8, 4) is 11.1 Å². The maximum atomic E-state index is 13.6. The predicted molar refractivity (Wildman–Crippen MR) is 152 cm³/mol. The lowest BCUT2D eigenvalue weighted by molar-refractivity contribution is -0.141. The normalized spacial score (nSPS) is 16.8. The summed E-state index contributed by atoms with van der Waals surface area (Å²) in [5.41, 5.74) is 2.16. The van der Waals surface area contributed by atoms with Gasteiger partial charge in [-0.1, -0.05) is 66.6 Å². The fraction of sp³-hybridized carbons (Fsp3) is 0.400. The first-order chi connectivity index (χ1) is 19.2. The molecule has 1 aliphatic heterocycles. The zero-order valence-electron chi connectivity index (χ0n) is 21.9. The molecule has 1 fully saturated rings. The highest BCUT2D eigenvalue weighted by molar-refractivity contribution is 7.18. The smallest absolute Gasteiger partial charge is 0.349 e. The number of piperidine rings is 1. The Morgan fingerprint density at radius 3 is 2.15 bits per heavy atom. The van der Waals surface area contributed by atoms with Crippen molar-refractivity contribution in [2.24, 2.45) is 0 Å². The molecular formula is C30H31ClF3N3O2S. The SMILES string of the molecule is O=C(NC1CCN(CCCCC2(C(=O)NCC(F)(F)F)c3ccccc3-c3ccccc32)CC1)c1ccc(Cl)s1. The fourth-order valence-corrected chi connectivity index (χ4v) is 6.95. The molecule has 0 atom stereocenters. The maximum Gasteiger partial charge on any atom is 0.405 e. The third kappa shape index (κ3) is 6.06. The van der Waals surface area contributed by atoms with E-state index >= 15 is 0 Å². The van der Waals surface area contributed by atoms with Gasteiger partial charge in [-0.25, -0.2) is 0 Å². The van der Waals surface area contributed by atoms with Crippen molar-refractivity contribution in [1.82, 2.24) is 15.5 Å². The summed E-state index contributed by atoms with van der Waals surface area (Å²) in [5.74, 6) is -0.701. The highest BCUT2D eigenvalue weighted by Gasteiger charge is 2.49. The van der Waals surface area contributed by atoms with E-state index in [9.17, 15) is 22.8 Å². The van der Waals surface area contributed by atoms with Crippen LogP contribution in [0.1, 0.15) is 52.9 Å². The van der Waals surface area contributed by atoms with Crippen LogP contribution in [-0.4, -0.2) is 55.1 Å². The second-order valence-corrected chi connectivity index (χ2v) is 12.2. The summed E-state index contributed by atoms with van der Waals surface area (Å²) in [6.07, 6.45) is -0.899. The van der Waals surface area contributed by atoms with E-state index in [0.29, 0.717) is 22.1 Å². The second kappa shape index (κ2) is 11.9. The number of thiophene rings is 1. The number of unbranched alkanes of at least 4 members (excludes halogenated alkanes) is 1. The van der Waals surface area contributed by atoms with Crippen LogP contribution in [0.2, 0.25) is 4.34 Å². The molecule has 2 heterocycles. The Bertz CT molecular complexity index is 1320. The number of rotatable bonds is 9. The Labute approximate surface area is 240 Å². The van der Waals surface area contributed by atoms with Crippen LogP contribution in [0.3, 0.4) is 0 Å². The molecule has 1 aromatic heterocycles. The monoisotopic (exact) mass is 589 g/mol. The number of hydrogen-bond acceptors (Lipinski definition) is 4. The molecule has 5 rings (SSSR count). The first-order valence-corrected chi connectivity index (χ1v) is 14.7. The molecule has 2 amide bonds. The number of fused-ring (bicyclic) bond motifs is 3. The first-order valence-electron chi connectivity index (χ1n) is 13.5. The lowest BCUT2D eigenvalue weighted by Gasteiger charge is -2.33. The van der Waals surface area contributed by atoms with Gasteiger partial charge >= 0.3 is 6.18 Å². The molecule has 0 bridgehead atoms. The van der Waals surface area contributed by atoms with Crippen LogP contribution in [0.4, 0.5) is 13.2 Å². The molecule has 2 aromatic carbocycles. The first kappa shape index (κ1) is 28.6. The van der Waals surface area contributed by atoms with E-state index in [2.05, 4.69) is 15.5 Å². The van der Waals surface area contributed by atoms with Crippen molar-refractivity contribution in [1.29, 1.82) is 0 Å². The molecule has 212 valence electrons. The lowest BCUT2D eigenvalue weighted by Crippen LogP contribution is -2.47. The van der Waals surface area contributed by atoms with E-state index in [0.717, 1.165) is 61.2 Å². The topological polar surface area (TPSA) is 61.4 Å². The number of nitrogens with one attached hydrogen (secondary N) is 2. The van der Waals surface area contributed by atoms with Crippen molar-refractivity contribution in [2.75, 3.05) is 26.2 Å². The van der Waals surface area contributed by atoms with Gasteiger partial charge < -0.3 is 15.5 Å². The van der Waals surface area contributed by atoms with Crippen LogP contribution < -0.4 is 10.6 Å². The third-order valence-corrected chi connectivity index (χ3v) is 9.13. The minimum atomic E-state index is -4.49. The zero-order valence-corrected chi connectivity index (χ0v) is 23.5. The fourth-order valence-electron chi connectivity index (χ4n) is 6.00. The number of nitrogens with zero attached hydrogens (tertiary/aromatic N) is 1. The Hall–Kier alpha value is -2.88. The van der Waals surface area contributed by atoms with Crippen LogP contribution in [0, 0.1) is 0 Å². The van der Waals surface area contributed by atoms with Gasteiger partial charge in [-0.05, 0) is 66.6 Å². The number of carbonyl (C=O) groups excluding carboxylic acids is 2.